The van der Waals surface area contributed by atoms with Gasteiger partial charge < -0.3 is 14.8 Å². The smallest absolute Gasteiger partial charge is 0.338 e. The Morgan fingerprint density at radius 3 is 2.52 bits per heavy atom. The third-order valence-corrected chi connectivity index (χ3v) is 4.11. The van der Waals surface area contributed by atoms with Crippen molar-refractivity contribution in [1.29, 1.82) is 0 Å². The van der Waals surface area contributed by atoms with Crippen molar-refractivity contribution in [3.63, 3.8) is 0 Å². The Hall–Kier alpha value is -1.92. The lowest BCUT2D eigenvalue weighted by atomic mass is 10.2. The molecule has 1 aromatic rings. The van der Waals surface area contributed by atoms with Crippen LogP contribution in [-0.2, 0) is 14.3 Å². The van der Waals surface area contributed by atoms with Crippen LogP contribution in [0.4, 0.5) is 5.69 Å². The van der Waals surface area contributed by atoms with Crippen molar-refractivity contribution >= 4 is 17.6 Å². The Kier molecular flexibility index (Phi) is 8.42. The molecule has 1 N–H and O–H groups in total. The number of morpholine rings is 1. The van der Waals surface area contributed by atoms with Crippen molar-refractivity contribution in [2.75, 3.05) is 44.8 Å². The van der Waals surface area contributed by atoms with E-state index in [2.05, 4.69) is 17.1 Å². The molecule has 1 aliphatic rings. The SMILES string of the molecule is CCCCCCOC(=O)c1ccc(NC(=O)CN2CCOCC2)cc1. The number of nitrogens with zero attached hydrogens (tertiary/aromatic N) is 1. The predicted octanol–water partition coefficient (Wildman–Crippen LogP) is 2.69. The number of hydrogen-bond donors (Lipinski definition) is 1. The van der Waals surface area contributed by atoms with Gasteiger partial charge in [0.2, 0.25) is 5.91 Å². The maximum Gasteiger partial charge on any atom is 0.338 e. The van der Waals surface area contributed by atoms with Crippen LogP contribution >= 0.6 is 0 Å². The van der Waals surface area contributed by atoms with Crippen molar-refractivity contribution in [1.82, 2.24) is 4.90 Å². The molecular formula is C19H28N2O4. The lowest BCUT2D eigenvalue weighted by Crippen LogP contribution is -2.41. The topological polar surface area (TPSA) is 67.9 Å². The minimum absolute atomic E-state index is 0.0619. The summed E-state index contributed by atoms with van der Waals surface area (Å²) in [6, 6.07) is 6.81. The van der Waals surface area contributed by atoms with Crippen LogP contribution in [0.1, 0.15) is 43.0 Å². The molecule has 25 heavy (non-hydrogen) atoms. The average molecular weight is 348 g/mol. The maximum absolute atomic E-state index is 12.0. The summed E-state index contributed by atoms with van der Waals surface area (Å²) in [4.78, 5) is 26.0. The summed E-state index contributed by atoms with van der Waals surface area (Å²) in [6.07, 6.45) is 4.30. The molecule has 6 heteroatoms. The van der Waals surface area contributed by atoms with E-state index in [9.17, 15) is 9.59 Å². The highest BCUT2D eigenvalue weighted by atomic mass is 16.5. The molecule has 1 heterocycles. The van der Waals surface area contributed by atoms with Crippen LogP contribution in [0.5, 0.6) is 0 Å². The van der Waals surface area contributed by atoms with Gasteiger partial charge in [0.15, 0.2) is 0 Å². The first-order valence-corrected chi connectivity index (χ1v) is 9.06. The van der Waals surface area contributed by atoms with Gasteiger partial charge >= 0.3 is 5.97 Å². The standard InChI is InChI=1S/C19H28N2O4/c1-2-3-4-5-12-25-19(23)16-6-8-17(9-7-16)20-18(22)15-21-10-13-24-14-11-21/h6-9H,2-5,10-15H2,1H3,(H,20,22). The zero-order valence-corrected chi connectivity index (χ0v) is 15.0. The van der Waals surface area contributed by atoms with Gasteiger partial charge in [-0.25, -0.2) is 4.79 Å². The highest BCUT2D eigenvalue weighted by Crippen LogP contribution is 2.11. The molecule has 0 aliphatic carbocycles. The summed E-state index contributed by atoms with van der Waals surface area (Å²) in [5.41, 5.74) is 1.18. The Morgan fingerprint density at radius 2 is 1.84 bits per heavy atom. The third kappa shape index (κ3) is 7.23. The second kappa shape index (κ2) is 10.8. The van der Waals surface area contributed by atoms with E-state index >= 15 is 0 Å². The van der Waals surface area contributed by atoms with Gasteiger partial charge in [-0.2, -0.15) is 0 Å². The molecule has 2 rings (SSSR count). The minimum atomic E-state index is -0.317. The molecule has 1 aromatic carbocycles. The number of carbonyl (C=O) groups excluding carboxylic acids is 2. The van der Waals surface area contributed by atoms with Gasteiger partial charge in [0.25, 0.3) is 0 Å². The molecule has 0 unspecified atom stereocenters. The molecule has 1 amide bonds. The molecule has 0 radical (unpaired) electrons. The molecule has 1 aliphatic heterocycles. The number of hydrogen-bond acceptors (Lipinski definition) is 5. The fourth-order valence-electron chi connectivity index (χ4n) is 2.63. The van der Waals surface area contributed by atoms with Crippen LogP contribution in [0.15, 0.2) is 24.3 Å². The summed E-state index contributed by atoms with van der Waals surface area (Å²) in [5.74, 6) is -0.379. The van der Waals surface area contributed by atoms with Crippen molar-refractivity contribution < 1.29 is 19.1 Å². The number of rotatable bonds is 9. The van der Waals surface area contributed by atoms with Gasteiger partial charge in [-0.15, -0.1) is 0 Å². The first-order chi connectivity index (χ1) is 12.2. The Balaban J connectivity index is 1.72. The van der Waals surface area contributed by atoms with Gasteiger partial charge in [0, 0.05) is 18.8 Å². The number of anilines is 1. The van der Waals surface area contributed by atoms with Crippen LogP contribution in [0, 0.1) is 0 Å². The summed E-state index contributed by atoms with van der Waals surface area (Å²) >= 11 is 0. The van der Waals surface area contributed by atoms with Crippen LogP contribution < -0.4 is 5.32 Å². The molecule has 0 spiro atoms. The second-order valence-corrected chi connectivity index (χ2v) is 6.21. The summed E-state index contributed by atoms with van der Waals surface area (Å²) < 4.78 is 10.5. The number of carbonyl (C=O) groups is 2. The van der Waals surface area contributed by atoms with Crippen LogP contribution in [0.3, 0.4) is 0 Å². The zero-order valence-electron chi connectivity index (χ0n) is 15.0. The molecule has 0 atom stereocenters. The fraction of sp³-hybridized carbons (Fsp3) is 0.579. The van der Waals surface area contributed by atoms with Crippen LogP contribution in [0.25, 0.3) is 0 Å². The Morgan fingerprint density at radius 1 is 1.12 bits per heavy atom. The average Bonchev–Trinajstić information content (AvgIpc) is 2.63. The van der Waals surface area contributed by atoms with Crippen molar-refractivity contribution in [2.24, 2.45) is 0 Å². The highest BCUT2D eigenvalue weighted by molar-refractivity contribution is 5.94. The lowest BCUT2D eigenvalue weighted by Gasteiger charge is -2.25. The second-order valence-electron chi connectivity index (χ2n) is 6.21. The highest BCUT2D eigenvalue weighted by Gasteiger charge is 2.14. The van der Waals surface area contributed by atoms with E-state index in [0.29, 0.717) is 37.6 Å². The largest absolute Gasteiger partial charge is 0.462 e. The first-order valence-electron chi connectivity index (χ1n) is 9.06. The van der Waals surface area contributed by atoms with E-state index < -0.39 is 0 Å². The lowest BCUT2D eigenvalue weighted by molar-refractivity contribution is -0.118. The van der Waals surface area contributed by atoms with Crippen LogP contribution in [0.2, 0.25) is 0 Å². The molecule has 6 nitrogen and oxygen atoms in total. The monoisotopic (exact) mass is 348 g/mol. The molecular weight excluding hydrogens is 320 g/mol. The van der Waals surface area contributed by atoms with Gasteiger partial charge in [-0.3, -0.25) is 9.69 Å². The predicted molar refractivity (Wildman–Crippen MR) is 96.8 cm³/mol. The third-order valence-electron chi connectivity index (χ3n) is 4.11. The number of amides is 1. The van der Waals surface area contributed by atoms with E-state index in [1.54, 1.807) is 24.3 Å². The fourth-order valence-corrected chi connectivity index (χ4v) is 2.63. The molecule has 0 aromatic heterocycles. The normalized spacial score (nSPS) is 14.9. The Bertz CT molecular complexity index is 539. The molecule has 138 valence electrons. The maximum atomic E-state index is 12.0. The number of benzene rings is 1. The first kappa shape index (κ1) is 19.4. The van der Waals surface area contributed by atoms with Gasteiger partial charge in [0.05, 0.1) is 31.9 Å². The number of unbranched alkanes of at least 4 members (excludes halogenated alkanes) is 3. The molecule has 1 saturated heterocycles. The summed E-state index contributed by atoms with van der Waals surface area (Å²) in [5, 5.41) is 2.85. The van der Waals surface area contributed by atoms with Crippen molar-refractivity contribution in [2.45, 2.75) is 32.6 Å². The van der Waals surface area contributed by atoms with E-state index in [0.717, 1.165) is 38.8 Å². The molecule has 0 saturated carbocycles. The van der Waals surface area contributed by atoms with E-state index in [-0.39, 0.29) is 11.9 Å². The quantitative estimate of drug-likeness (QED) is 0.549. The van der Waals surface area contributed by atoms with Crippen molar-refractivity contribution in [3.8, 4) is 0 Å². The van der Waals surface area contributed by atoms with Gasteiger partial charge in [-0.05, 0) is 30.7 Å². The number of nitrogens with one attached hydrogen (secondary N) is 1. The van der Waals surface area contributed by atoms with E-state index in [1.807, 2.05) is 0 Å². The zero-order chi connectivity index (χ0) is 17.9. The number of esters is 1. The van der Waals surface area contributed by atoms with E-state index in [4.69, 9.17) is 9.47 Å². The molecule has 0 bridgehead atoms. The van der Waals surface area contributed by atoms with Crippen molar-refractivity contribution in [3.05, 3.63) is 29.8 Å². The van der Waals surface area contributed by atoms with E-state index in [1.165, 1.54) is 0 Å². The van der Waals surface area contributed by atoms with Gasteiger partial charge in [0.1, 0.15) is 0 Å². The number of ether oxygens (including phenoxy) is 2. The van der Waals surface area contributed by atoms with Crippen LogP contribution in [-0.4, -0.2) is 56.2 Å². The van der Waals surface area contributed by atoms with Gasteiger partial charge in [-0.1, -0.05) is 26.2 Å². The minimum Gasteiger partial charge on any atom is -0.462 e. The molecule has 1 fully saturated rings. The Labute approximate surface area is 149 Å². The summed E-state index contributed by atoms with van der Waals surface area (Å²) in [7, 11) is 0. The summed E-state index contributed by atoms with van der Waals surface area (Å²) in [6.45, 7) is 5.84.